The van der Waals surface area contributed by atoms with Gasteiger partial charge in [-0.1, -0.05) is 0 Å². The molecule has 2 N–H and O–H groups in total. The van der Waals surface area contributed by atoms with Crippen LogP contribution in [-0.2, 0) is 0 Å². The fourth-order valence-corrected chi connectivity index (χ4v) is 0.948. The van der Waals surface area contributed by atoms with Crippen molar-refractivity contribution in [2.24, 2.45) is 0 Å². The molecule has 0 aromatic carbocycles. The molecule has 0 saturated heterocycles. The molecule has 13 heavy (non-hydrogen) atoms. The zero-order valence-corrected chi connectivity index (χ0v) is 7.15. The molecule has 5 nitrogen and oxygen atoms in total. The van der Waals surface area contributed by atoms with Crippen molar-refractivity contribution in [3.63, 3.8) is 0 Å². The van der Waals surface area contributed by atoms with E-state index in [9.17, 15) is 9.59 Å². The van der Waals surface area contributed by atoms with Crippen molar-refractivity contribution in [2.45, 2.75) is 4.90 Å². The Morgan fingerprint density at radius 3 is 2.31 bits per heavy atom. The third-order valence-corrected chi connectivity index (χ3v) is 1.66. The van der Waals surface area contributed by atoms with Gasteiger partial charge in [0.25, 0.3) is 0 Å². The first kappa shape index (κ1) is 9.53. The Balaban J connectivity index is 3.27. The van der Waals surface area contributed by atoms with Crippen LogP contribution in [0.3, 0.4) is 0 Å². The maximum Gasteiger partial charge on any atom is 0.355 e. The van der Waals surface area contributed by atoms with Crippen molar-refractivity contribution in [1.82, 2.24) is 4.98 Å². The molecule has 0 fully saturated rings. The second-order valence-electron chi connectivity index (χ2n) is 2.17. The Hall–Kier alpha value is -1.56. The topological polar surface area (TPSA) is 87.5 Å². The molecule has 0 spiro atoms. The number of carbonyl (C=O) groups is 2. The summed E-state index contributed by atoms with van der Waals surface area (Å²) in [7, 11) is 0. The number of rotatable bonds is 2. The van der Waals surface area contributed by atoms with Gasteiger partial charge < -0.3 is 10.2 Å². The van der Waals surface area contributed by atoms with E-state index in [2.05, 4.69) is 17.6 Å². The molecule has 0 aliphatic heterocycles. The van der Waals surface area contributed by atoms with Gasteiger partial charge in [-0.2, -0.15) is 0 Å². The molecule has 0 aliphatic carbocycles. The summed E-state index contributed by atoms with van der Waals surface area (Å²) in [5.41, 5.74) is -0.668. The van der Waals surface area contributed by atoms with E-state index in [1.807, 2.05) is 0 Å². The summed E-state index contributed by atoms with van der Waals surface area (Å²) in [5.74, 6) is -2.57. The predicted molar refractivity (Wildman–Crippen MR) is 45.4 cm³/mol. The van der Waals surface area contributed by atoms with E-state index in [0.717, 1.165) is 0 Å². The van der Waals surface area contributed by atoms with Gasteiger partial charge in [0.05, 0.1) is 0 Å². The molecule has 1 heterocycles. The molecule has 0 saturated carbocycles. The number of hydrogen-bond acceptors (Lipinski definition) is 4. The van der Waals surface area contributed by atoms with E-state index in [1.165, 1.54) is 12.1 Å². The number of aromatic nitrogens is 1. The minimum absolute atomic E-state index is 0.137. The largest absolute Gasteiger partial charge is 0.477 e. The van der Waals surface area contributed by atoms with Crippen molar-refractivity contribution in [1.29, 1.82) is 0 Å². The quantitative estimate of drug-likeness (QED) is 0.612. The van der Waals surface area contributed by atoms with E-state index in [0.29, 0.717) is 0 Å². The van der Waals surface area contributed by atoms with E-state index in [-0.39, 0.29) is 16.3 Å². The summed E-state index contributed by atoms with van der Waals surface area (Å²) < 4.78 is 0. The maximum atomic E-state index is 10.5. The Bertz CT molecular complexity index is 377. The molecule has 1 rings (SSSR count). The van der Waals surface area contributed by atoms with Crippen LogP contribution in [0.1, 0.15) is 21.0 Å². The van der Waals surface area contributed by atoms with Gasteiger partial charge in [-0.05, 0) is 12.1 Å². The molecule has 0 bridgehead atoms. The lowest BCUT2D eigenvalue weighted by molar-refractivity contribution is 0.0682. The molecule has 68 valence electrons. The molecule has 0 unspecified atom stereocenters. The Morgan fingerprint density at radius 2 is 1.85 bits per heavy atom. The van der Waals surface area contributed by atoms with Gasteiger partial charge in [0.1, 0.15) is 5.69 Å². The zero-order valence-electron chi connectivity index (χ0n) is 6.26. The van der Waals surface area contributed by atoms with Crippen molar-refractivity contribution in [2.75, 3.05) is 0 Å². The molecular formula is C7H5NO4S. The van der Waals surface area contributed by atoms with Crippen LogP contribution in [-0.4, -0.2) is 27.1 Å². The van der Waals surface area contributed by atoms with Crippen LogP contribution in [0.5, 0.6) is 0 Å². The van der Waals surface area contributed by atoms with Gasteiger partial charge in [-0.15, -0.1) is 12.6 Å². The minimum Gasteiger partial charge on any atom is -0.477 e. The lowest BCUT2D eigenvalue weighted by atomic mass is 10.3. The number of aromatic carboxylic acids is 2. The van der Waals surface area contributed by atoms with Crippen molar-refractivity contribution < 1.29 is 19.8 Å². The summed E-state index contributed by atoms with van der Waals surface area (Å²) in [6.07, 6.45) is 0. The first-order valence-electron chi connectivity index (χ1n) is 3.19. The van der Waals surface area contributed by atoms with Crippen molar-refractivity contribution in [3.8, 4) is 0 Å². The van der Waals surface area contributed by atoms with Crippen LogP contribution in [0.4, 0.5) is 0 Å². The second kappa shape index (κ2) is 3.44. The molecular weight excluding hydrogens is 194 g/mol. The standard InChI is InChI=1S/C7H5NO4S/c9-6(10)3-1-2-4(13)5(8-3)7(11)12/h1-2,13H,(H,9,10)(H,11,12). The maximum absolute atomic E-state index is 10.5. The summed E-state index contributed by atoms with van der Waals surface area (Å²) in [6.45, 7) is 0. The summed E-state index contributed by atoms with van der Waals surface area (Å²) in [5, 5.41) is 17.1. The second-order valence-corrected chi connectivity index (χ2v) is 2.66. The average Bonchev–Trinajstić information content (AvgIpc) is 2.04. The molecule has 0 aliphatic rings. The number of pyridine rings is 1. The highest BCUT2D eigenvalue weighted by atomic mass is 32.1. The predicted octanol–water partition coefficient (Wildman–Crippen LogP) is 0.767. The van der Waals surface area contributed by atoms with E-state index >= 15 is 0 Å². The first-order chi connectivity index (χ1) is 6.02. The summed E-state index contributed by atoms with van der Waals surface area (Å²) >= 11 is 3.82. The number of carboxylic acid groups (broad SMARTS) is 2. The number of carboxylic acids is 2. The zero-order chi connectivity index (χ0) is 10.0. The van der Waals surface area contributed by atoms with Gasteiger partial charge in [-0.25, -0.2) is 14.6 Å². The highest BCUT2D eigenvalue weighted by Crippen LogP contribution is 2.11. The van der Waals surface area contributed by atoms with Crippen LogP contribution in [0, 0.1) is 0 Å². The summed E-state index contributed by atoms with van der Waals surface area (Å²) in [4.78, 5) is 24.4. The monoisotopic (exact) mass is 199 g/mol. The highest BCUT2D eigenvalue weighted by molar-refractivity contribution is 7.80. The van der Waals surface area contributed by atoms with Crippen molar-refractivity contribution >= 4 is 24.6 Å². The summed E-state index contributed by atoms with van der Waals surface area (Å²) in [6, 6.07) is 2.47. The molecule has 1 aromatic heterocycles. The molecule has 0 radical (unpaired) electrons. The van der Waals surface area contributed by atoms with E-state index in [1.54, 1.807) is 0 Å². The fraction of sp³-hybridized carbons (Fsp3) is 0. The highest BCUT2D eigenvalue weighted by Gasteiger charge is 2.13. The van der Waals surface area contributed by atoms with Gasteiger partial charge in [0, 0.05) is 4.90 Å². The van der Waals surface area contributed by atoms with Crippen molar-refractivity contribution in [3.05, 3.63) is 23.5 Å². The van der Waals surface area contributed by atoms with E-state index < -0.39 is 11.9 Å². The van der Waals surface area contributed by atoms with Gasteiger partial charge in [0.2, 0.25) is 0 Å². The molecule has 0 atom stereocenters. The van der Waals surface area contributed by atoms with Gasteiger partial charge in [-0.3, -0.25) is 0 Å². The Labute approximate surface area is 78.4 Å². The van der Waals surface area contributed by atoms with Crippen LogP contribution >= 0.6 is 12.6 Å². The Morgan fingerprint density at radius 1 is 1.23 bits per heavy atom. The molecule has 0 amide bonds. The normalized spacial score (nSPS) is 9.62. The van der Waals surface area contributed by atoms with Gasteiger partial charge in [0.15, 0.2) is 5.69 Å². The molecule has 1 aromatic rings. The van der Waals surface area contributed by atoms with Crippen LogP contribution in [0.25, 0.3) is 0 Å². The number of thiol groups is 1. The Kier molecular flexibility index (Phi) is 2.52. The third-order valence-electron chi connectivity index (χ3n) is 1.30. The average molecular weight is 199 g/mol. The van der Waals surface area contributed by atoms with Crippen LogP contribution in [0.15, 0.2) is 17.0 Å². The first-order valence-corrected chi connectivity index (χ1v) is 3.63. The van der Waals surface area contributed by atoms with Crippen LogP contribution in [0.2, 0.25) is 0 Å². The van der Waals surface area contributed by atoms with E-state index in [4.69, 9.17) is 10.2 Å². The number of hydrogen-bond donors (Lipinski definition) is 3. The fourth-order valence-electron chi connectivity index (χ4n) is 0.728. The molecule has 6 heteroatoms. The minimum atomic E-state index is -1.30. The smallest absolute Gasteiger partial charge is 0.355 e. The lowest BCUT2D eigenvalue weighted by Gasteiger charge is -1.99. The lowest BCUT2D eigenvalue weighted by Crippen LogP contribution is -2.07. The van der Waals surface area contributed by atoms with Crippen LogP contribution < -0.4 is 0 Å². The van der Waals surface area contributed by atoms with Gasteiger partial charge >= 0.3 is 11.9 Å². The third kappa shape index (κ3) is 1.97. The number of nitrogens with zero attached hydrogens (tertiary/aromatic N) is 1. The SMILES string of the molecule is O=C(O)c1ccc(S)c(C(=O)O)n1.